The van der Waals surface area contributed by atoms with Crippen LogP contribution in [0.15, 0.2) is 36.4 Å². The molecule has 0 aromatic heterocycles. The second-order valence-electron chi connectivity index (χ2n) is 3.22. The quantitative estimate of drug-likeness (QED) is 0.812. The molecule has 2 N–H and O–H groups in total. The molecule has 0 atom stereocenters. The van der Waals surface area contributed by atoms with Gasteiger partial charge in [0, 0.05) is 21.5 Å². The highest BCUT2D eigenvalue weighted by Crippen LogP contribution is 2.30. The summed E-state index contributed by atoms with van der Waals surface area (Å²) in [6.45, 7) is 0. The van der Waals surface area contributed by atoms with Crippen molar-refractivity contribution in [2.45, 2.75) is 0 Å². The fourth-order valence-corrected chi connectivity index (χ4v) is 2.20. The highest BCUT2D eigenvalue weighted by Gasteiger charge is 2.08. The fourth-order valence-electron chi connectivity index (χ4n) is 1.51. The van der Waals surface area contributed by atoms with Gasteiger partial charge in [-0.15, -0.1) is 0 Å². The minimum Gasteiger partial charge on any atom is -0.507 e. The van der Waals surface area contributed by atoms with Crippen molar-refractivity contribution in [1.29, 1.82) is 0 Å². The first-order valence-corrected chi connectivity index (χ1v) is 6.71. The fraction of sp³-hybridized carbons (Fsp3) is 0. The molecule has 16 heavy (non-hydrogen) atoms. The number of halogens is 1. The van der Waals surface area contributed by atoms with Crippen molar-refractivity contribution in [3.05, 3.63) is 36.4 Å². The molecule has 0 saturated carbocycles. The van der Waals surface area contributed by atoms with E-state index >= 15 is 0 Å². The number of hydrogen-bond donors (Lipinski definition) is 2. The Morgan fingerprint density at radius 3 is 2.38 bits per heavy atom. The number of nitrogens with one attached hydrogen (secondary N) is 1. The van der Waals surface area contributed by atoms with Crippen molar-refractivity contribution >= 4 is 36.4 Å². The first-order chi connectivity index (χ1) is 7.47. The highest BCUT2D eigenvalue weighted by atomic mass is 35.7. The van der Waals surface area contributed by atoms with Crippen LogP contribution in [0, 0.1) is 0 Å². The van der Waals surface area contributed by atoms with Crippen LogP contribution in [-0.2, 0) is 9.24 Å². The first-order valence-electron chi connectivity index (χ1n) is 4.40. The van der Waals surface area contributed by atoms with Crippen molar-refractivity contribution in [2.75, 3.05) is 4.72 Å². The standard InChI is InChI=1S/C10H8ClNO3S/c11-16(14,15)12-9-5-1-4-8-7(9)3-2-6-10(8)13/h1-6,12-13H. The summed E-state index contributed by atoms with van der Waals surface area (Å²) in [5.74, 6) is 0.0909. The van der Waals surface area contributed by atoms with E-state index in [9.17, 15) is 13.5 Å². The van der Waals surface area contributed by atoms with Gasteiger partial charge in [0.05, 0.1) is 5.69 Å². The summed E-state index contributed by atoms with van der Waals surface area (Å²) in [6, 6.07) is 9.75. The van der Waals surface area contributed by atoms with Crippen molar-refractivity contribution in [2.24, 2.45) is 0 Å². The zero-order chi connectivity index (χ0) is 11.8. The van der Waals surface area contributed by atoms with E-state index in [2.05, 4.69) is 4.72 Å². The minimum atomic E-state index is -3.84. The van der Waals surface area contributed by atoms with Gasteiger partial charge in [0.1, 0.15) is 5.75 Å². The van der Waals surface area contributed by atoms with Crippen LogP contribution < -0.4 is 4.72 Å². The predicted octanol–water partition coefficient (Wildman–Crippen LogP) is 2.44. The van der Waals surface area contributed by atoms with Gasteiger partial charge < -0.3 is 5.11 Å². The molecule has 0 bridgehead atoms. The molecule has 0 amide bonds. The van der Waals surface area contributed by atoms with Gasteiger partial charge in [0.2, 0.25) is 0 Å². The van der Waals surface area contributed by atoms with Gasteiger partial charge in [-0.2, -0.15) is 8.42 Å². The second-order valence-corrected chi connectivity index (χ2v) is 5.52. The van der Waals surface area contributed by atoms with Gasteiger partial charge in [0.15, 0.2) is 0 Å². The van der Waals surface area contributed by atoms with Crippen LogP contribution in [0.3, 0.4) is 0 Å². The Kier molecular flexibility index (Phi) is 2.65. The van der Waals surface area contributed by atoms with Crippen LogP contribution >= 0.6 is 10.7 Å². The zero-order valence-electron chi connectivity index (χ0n) is 8.01. The molecule has 84 valence electrons. The smallest absolute Gasteiger partial charge is 0.319 e. The summed E-state index contributed by atoms with van der Waals surface area (Å²) < 4.78 is 24.0. The zero-order valence-corrected chi connectivity index (χ0v) is 9.59. The van der Waals surface area contributed by atoms with Gasteiger partial charge in [-0.25, -0.2) is 0 Å². The molecule has 0 aliphatic carbocycles. The van der Waals surface area contributed by atoms with Gasteiger partial charge in [-0.05, 0) is 12.1 Å². The summed E-state index contributed by atoms with van der Waals surface area (Å²) >= 11 is 0. The Hall–Kier alpha value is -1.46. The topological polar surface area (TPSA) is 66.4 Å². The molecule has 2 aromatic carbocycles. The van der Waals surface area contributed by atoms with Crippen LogP contribution in [-0.4, -0.2) is 13.5 Å². The van der Waals surface area contributed by atoms with Crippen LogP contribution in [0.2, 0.25) is 0 Å². The Morgan fingerprint density at radius 2 is 1.69 bits per heavy atom. The number of fused-ring (bicyclic) bond motifs is 1. The molecule has 2 aromatic rings. The second kappa shape index (κ2) is 3.84. The molecule has 6 heteroatoms. The van der Waals surface area contributed by atoms with Crippen LogP contribution in [0.1, 0.15) is 0 Å². The molecule has 0 radical (unpaired) electrons. The molecule has 0 unspecified atom stereocenters. The monoisotopic (exact) mass is 257 g/mol. The molecule has 4 nitrogen and oxygen atoms in total. The summed E-state index contributed by atoms with van der Waals surface area (Å²) in [5.41, 5.74) is 0.336. The maximum atomic E-state index is 10.9. The number of phenols is 1. The van der Waals surface area contributed by atoms with E-state index in [4.69, 9.17) is 10.7 Å². The Morgan fingerprint density at radius 1 is 1.06 bits per heavy atom. The van der Waals surface area contributed by atoms with Crippen molar-refractivity contribution in [3.8, 4) is 5.75 Å². The van der Waals surface area contributed by atoms with Crippen molar-refractivity contribution in [3.63, 3.8) is 0 Å². The lowest BCUT2D eigenvalue weighted by Crippen LogP contribution is -2.04. The average molecular weight is 258 g/mol. The average Bonchev–Trinajstić information content (AvgIpc) is 2.17. The van der Waals surface area contributed by atoms with E-state index in [-0.39, 0.29) is 5.75 Å². The van der Waals surface area contributed by atoms with E-state index in [0.717, 1.165) is 0 Å². The molecule has 0 aliphatic rings. The number of aromatic hydroxyl groups is 1. The molecule has 0 saturated heterocycles. The van der Waals surface area contributed by atoms with Crippen LogP contribution in [0.4, 0.5) is 5.69 Å². The van der Waals surface area contributed by atoms with Gasteiger partial charge >= 0.3 is 9.24 Å². The van der Waals surface area contributed by atoms with E-state index < -0.39 is 9.24 Å². The largest absolute Gasteiger partial charge is 0.507 e. The normalized spacial score (nSPS) is 11.6. The molecule has 0 spiro atoms. The summed E-state index contributed by atoms with van der Waals surface area (Å²) in [4.78, 5) is 0. The molecule has 2 rings (SSSR count). The lowest BCUT2D eigenvalue weighted by molar-refractivity contribution is 0.481. The Bertz CT molecular complexity index is 640. The lowest BCUT2D eigenvalue weighted by Gasteiger charge is -2.07. The van der Waals surface area contributed by atoms with Crippen LogP contribution in [0.25, 0.3) is 10.8 Å². The molecule has 0 fully saturated rings. The molecule has 0 aliphatic heterocycles. The maximum absolute atomic E-state index is 10.9. The third-order valence-corrected chi connectivity index (χ3v) is 2.83. The first kappa shape index (κ1) is 11.0. The molecule has 0 heterocycles. The number of rotatable bonds is 2. The predicted molar refractivity (Wildman–Crippen MR) is 64.0 cm³/mol. The lowest BCUT2D eigenvalue weighted by atomic mass is 10.1. The number of anilines is 1. The highest BCUT2D eigenvalue weighted by molar-refractivity contribution is 8.14. The Balaban J connectivity index is 2.67. The van der Waals surface area contributed by atoms with E-state index in [1.165, 1.54) is 6.07 Å². The maximum Gasteiger partial charge on any atom is 0.319 e. The molecular weight excluding hydrogens is 250 g/mol. The SMILES string of the molecule is O=S(=O)(Cl)Nc1cccc2c(O)cccc12. The number of phenolic OH excluding ortho intramolecular Hbond substituents is 1. The Labute approximate surface area is 97.0 Å². The minimum absolute atomic E-state index is 0.0909. The van der Waals surface area contributed by atoms with Gasteiger partial charge in [0.25, 0.3) is 0 Å². The summed E-state index contributed by atoms with van der Waals surface area (Å²) in [6.07, 6.45) is 0. The third-order valence-electron chi connectivity index (χ3n) is 2.13. The molecular formula is C10H8ClNO3S. The summed E-state index contributed by atoms with van der Waals surface area (Å²) in [5, 5.41) is 10.7. The number of hydrogen-bond acceptors (Lipinski definition) is 3. The van der Waals surface area contributed by atoms with E-state index in [1.807, 2.05) is 0 Å². The van der Waals surface area contributed by atoms with Gasteiger partial charge in [-0.3, -0.25) is 4.72 Å². The number of benzene rings is 2. The third kappa shape index (κ3) is 2.20. The van der Waals surface area contributed by atoms with E-state index in [1.54, 1.807) is 30.3 Å². The van der Waals surface area contributed by atoms with Gasteiger partial charge in [-0.1, -0.05) is 24.3 Å². The van der Waals surface area contributed by atoms with Crippen molar-refractivity contribution in [1.82, 2.24) is 0 Å². The van der Waals surface area contributed by atoms with Crippen molar-refractivity contribution < 1.29 is 13.5 Å². The van der Waals surface area contributed by atoms with E-state index in [0.29, 0.717) is 16.5 Å². The summed E-state index contributed by atoms with van der Waals surface area (Å²) in [7, 11) is 1.27. The van der Waals surface area contributed by atoms with Crippen LogP contribution in [0.5, 0.6) is 5.75 Å².